The predicted octanol–water partition coefficient (Wildman–Crippen LogP) is 3.55. The number of hydrogen-bond donors (Lipinski definition) is 2. The Morgan fingerprint density at radius 3 is 2.56 bits per heavy atom. The Bertz CT molecular complexity index is 1940. The van der Waals surface area contributed by atoms with Gasteiger partial charge in [-0.3, -0.25) is 14.2 Å². The lowest BCUT2D eigenvalue weighted by Crippen LogP contribution is -2.67. The number of carboxylic acids is 1. The second-order valence-corrected chi connectivity index (χ2v) is 14.3. The molecule has 1 atom stereocenters. The van der Waals surface area contributed by atoms with Gasteiger partial charge >= 0.3 is 5.97 Å². The second-order valence-electron chi connectivity index (χ2n) is 12.4. The minimum Gasteiger partial charge on any atom is -0.481 e. The summed E-state index contributed by atoms with van der Waals surface area (Å²) >= 11 is 0. The number of aromatic nitrogens is 5. The van der Waals surface area contributed by atoms with E-state index in [0.29, 0.717) is 46.7 Å². The Labute approximate surface area is 258 Å². The molecule has 0 unspecified atom stereocenters. The molecule has 4 aromatic heterocycles. The summed E-state index contributed by atoms with van der Waals surface area (Å²) in [5, 5.41) is 21.1. The van der Waals surface area contributed by atoms with Gasteiger partial charge in [-0.15, -0.1) is 10.2 Å². The SMILES string of the molecule is Cc1cnc2c(c1)S(=O)(=O)N(Cc1nc([C@H](c3ccn4c(C(F)F)nnc4c3C)C(C)(C)C(=O)O)ccc1C)CC1(CNC1)O2. The van der Waals surface area contributed by atoms with Gasteiger partial charge in [0.25, 0.3) is 6.43 Å². The van der Waals surface area contributed by atoms with Gasteiger partial charge in [0, 0.05) is 37.1 Å². The van der Waals surface area contributed by atoms with Gasteiger partial charge in [-0.2, -0.15) is 4.31 Å². The topological polar surface area (TPSA) is 152 Å². The van der Waals surface area contributed by atoms with Crippen LogP contribution < -0.4 is 10.1 Å². The summed E-state index contributed by atoms with van der Waals surface area (Å²) < 4.78 is 63.9. The van der Waals surface area contributed by atoms with Crippen molar-refractivity contribution < 1.29 is 31.8 Å². The van der Waals surface area contributed by atoms with E-state index in [1.807, 2.05) is 6.92 Å². The molecule has 0 bridgehead atoms. The molecular formula is C30H33F2N7O5S. The van der Waals surface area contributed by atoms with Gasteiger partial charge in [-0.05, 0) is 75.1 Å². The normalized spacial score (nSPS) is 18.3. The van der Waals surface area contributed by atoms with Gasteiger partial charge in [0.05, 0.1) is 24.2 Å². The summed E-state index contributed by atoms with van der Waals surface area (Å²) in [7, 11) is -4.06. The van der Waals surface area contributed by atoms with Crippen LogP contribution in [0.1, 0.15) is 65.7 Å². The van der Waals surface area contributed by atoms with Crippen LogP contribution in [0.2, 0.25) is 0 Å². The molecule has 0 aliphatic carbocycles. The fourth-order valence-electron chi connectivity index (χ4n) is 6.00. The zero-order valence-corrected chi connectivity index (χ0v) is 26.2. The summed E-state index contributed by atoms with van der Waals surface area (Å²) in [5.74, 6) is -2.42. The predicted molar refractivity (Wildman–Crippen MR) is 158 cm³/mol. The van der Waals surface area contributed by atoms with Crippen LogP contribution in [0, 0.1) is 26.2 Å². The molecule has 1 fully saturated rings. The first-order valence-electron chi connectivity index (χ1n) is 14.3. The number of aliphatic carboxylic acids is 1. The third-order valence-corrected chi connectivity index (χ3v) is 10.5. The molecule has 2 N–H and O–H groups in total. The monoisotopic (exact) mass is 641 g/mol. The number of nitrogens with one attached hydrogen (secondary N) is 1. The van der Waals surface area contributed by atoms with Gasteiger partial charge in [0.15, 0.2) is 5.65 Å². The van der Waals surface area contributed by atoms with Crippen molar-refractivity contribution in [2.24, 2.45) is 5.41 Å². The number of pyridine rings is 3. The van der Waals surface area contributed by atoms with Crippen LogP contribution in [0.25, 0.3) is 5.65 Å². The number of rotatable bonds is 7. The fourth-order valence-corrected chi connectivity index (χ4v) is 7.62. The minimum absolute atomic E-state index is 0.0228. The summed E-state index contributed by atoms with van der Waals surface area (Å²) in [4.78, 5) is 21.8. The van der Waals surface area contributed by atoms with Crippen molar-refractivity contribution in [1.29, 1.82) is 0 Å². The highest BCUT2D eigenvalue weighted by Gasteiger charge is 2.49. The number of halogens is 2. The maximum Gasteiger partial charge on any atom is 0.310 e. The van der Waals surface area contributed by atoms with Crippen LogP contribution in [-0.2, 0) is 21.4 Å². The lowest BCUT2D eigenvalue weighted by molar-refractivity contribution is -0.147. The molecule has 2 aliphatic heterocycles. The summed E-state index contributed by atoms with van der Waals surface area (Å²) in [6, 6.07) is 6.63. The van der Waals surface area contributed by atoms with E-state index < -0.39 is 45.2 Å². The number of fused-ring (bicyclic) bond motifs is 2. The fraction of sp³-hybridized carbons (Fsp3) is 0.433. The first kappa shape index (κ1) is 30.9. The molecule has 6 rings (SSSR count). The van der Waals surface area contributed by atoms with Crippen molar-refractivity contribution in [3.05, 3.63) is 76.1 Å². The second kappa shape index (κ2) is 10.8. The Hall–Kier alpha value is -4.08. The zero-order valence-electron chi connectivity index (χ0n) is 25.4. The molecule has 238 valence electrons. The number of alkyl halides is 2. The number of carboxylic acid groups (broad SMARTS) is 1. The summed E-state index contributed by atoms with van der Waals surface area (Å²) in [5.41, 5.74) is 1.16. The molecule has 0 saturated carbocycles. The number of hydrogen-bond acceptors (Lipinski definition) is 9. The molecule has 0 radical (unpaired) electrons. The third kappa shape index (κ3) is 5.12. The summed E-state index contributed by atoms with van der Waals surface area (Å²) in [6.45, 7) is 9.21. The molecule has 1 saturated heterocycles. The quantitative estimate of drug-likeness (QED) is 0.307. The first-order chi connectivity index (χ1) is 21.1. The van der Waals surface area contributed by atoms with E-state index in [1.54, 1.807) is 58.2 Å². The molecule has 15 heteroatoms. The highest BCUT2D eigenvalue weighted by molar-refractivity contribution is 7.89. The summed E-state index contributed by atoms with van der Waals surface area (Å²) in [6.07, 6.45) is 0.124. The minimum atomic E-state index is -4.06. The molecule has 45 heavy (non-hydrogen) atoms. The van der Waals surface area contributed by atoms with Crippen molar-refractivity contribution in [2.75, 3.05) is 19.6 Å². The number of carbonyl (C=O) groups is 1. The molecular weight excluding hydrogens is 608 g/mol. The van der Waals surface area contributed by atoms with E-state index in [4.69, 9.17) is 9.72 Å². The Morgan fingerprint density at radius 1 is 1.18 bits per heavy atom. The van der Waals surface area contributed by atoms with Crippen molar-refractivity contribution in [1.82, 2.24) is 34.2 Å². The van der Waals surface area contributed by atoms with Crippen molar-refractivity contribution in [3.8, 4) is 5.88 Å². The average Bonchev–Trinajstić information content (AvgIpc) is 3.36. The standard InChI is InChI=1S/C30H33F2N7O5S/c1-16-10-22-27(34-11-16)44-30(13-33-14-30)15-38(45(22,42)43)12-21-17(2)6-7-20(35-21)23(29(4,5)28(40)41)19-8-9-39-25(18(19)3)36-37-26(39)24(31)32/h6-11,23-24,33H,12-15H2,1-5H3,(H,40,41)/t23-/m0/s1. The number of sulfonamides is 1. The van der Waals surface area contributed by atoms with Crippen LogP contribution in [0.15, 0.2) is 41.6 Å². The van der Waals surface area contributed by atoms with E-state index >= 15 is 0 Å². The van der Waals surface area contributed by atoms with Gasteiger partial charge < -0.3 is 15.2 Å². The third-order valence-electron chi connectivity index (χ3n) is 8.76. The van der Waals surface area contributed by atoms with E-state index in [0.717, 1.165) is 0 Å². The van der Waals surface area contributed by atoms with Crippen LogP contribution >= 0.6 is 0 Å². The molecule has 0 aromatic carbocycles. The molecule has 6 heterocycles. The van der Waals surface area contributed by atoms with Crippen molar-refractivity contribution in [3.63, 3.8) is 0 Å². The lowest BCUT2D eigenvalue weighted by Gasteiger charge is -2.42. The van der Waals surface area contributed by atoms with Crippen molar-refractivity contribution >= 4 is 21.6 Å². The highest BCUT2D eigenvalue weighted by atomic mass is 32.2. The largest absolute Gasteiger partial charge is 0.481 e. The lowest BCUT2D eigenvalue weighted by atomic mass is 9.72. The molecule has 12 nitrogen and oxygen atoms in total. The van der Waals surface area contributed by atoms with Crippen molar-refractivity contribution in [2.45, 2.75) is 64.0 Å². The van der Waals surface area contributed by atoms with E-state index in [-0.39, 0.29) is 29.5 Å². The Balaban J connectivity index is 1.46. The molecule has 2 aliphatic rings. The molecule has 1 spiro atoms. The molecule has 0 amide bonds. The van der Waals surface area contributed by atoms with E-state index in [2.05, 4.69) is 20.5 Å². The van der Waals surface area contributed by atoms with Crippen LogP contribution in [-0.4, -0.2) is 73.6 Å². The number of ether oxygens (including phenoxy) is 1. The van der Waals surface area contributed by atoms with E-state index in [9.17, 15) is 27.1 Å². The maximum absolute atomic E-state index is 14.0. The first-order valence-corrected chi connectivity index (χ1v) is 15.8. The van der Waals surface area contributed by atoms with Gasteiger partial charge in [-0.25, -0.2) is 22.2 Å². The molecule has 4 aromatic rings. The zero-order chi connectivity index (χ0) is 32.5. The average molecular weight is 642 g/mol. The van der Waals surface area contributed by atoms with Gasteiger partial charge in [0.1, 0.15) is 10.5 Å². The van der Waals surface area contributed by atoms with Crippen LogP contribution in [0.3, 0.4) is 0 Å². The van der Waals surface area contributed by atoms with E-state index in [1.165, 1.54) is 14.9 Å². The van der Waals surface area contributed by atoms with Crippen LogP contribution in [0.5, 0.6) is 5.88 Å². The smallest absolute Gasteiger partial charge is 0.310 e. The maximum atomic E-state index is 14.0. The number of nitrogens with zero attached hydrogens (tertiary/aromatic N) is 6. The Kier molecular flexibility index (Phi) is 7.40. The van der Waals surface area contributed by atoms with Gasteiger partial charge in [0.2, 0.25) is 21.7 Å². The van der Waals surface area contributed by atoms with Gasteiger partial charge in [-0.1, -0.05) is 6.07 Å². The number of aryl methyl sites for hydroxylation is 3. The Morgan fingerprint density at radius 2 is 1.91 bits per heavy atom. The highest BCUT2D eigenvalue weighted by Crippen LogP contribution is 2.43. The van der Waals surface area contributed by atoms with Crippen LogP contribution in [0.4, 0.5) is 8.78 Å².